The lowest BCUT2D eigenvalue weighted by molar-refractivity contribution is -0.130. The minimum Gasteiger partial charge on any atom is -0.391 e. The molecule has 0 unspecified atom stereocenters. The lowest BCUT2D eigenvalue weighted by Crippen LogP contribution is -2.30. The zero-order valence-corrected chi connectivity index (χ0v) is 15.5. The Balaban J connectivity index is 1.39. The van der Waals surface area contributed by atoms with E-state index in [9.17, 15) is 9.90 Å². The van der Waals surface area contributed by atoms with Crippen LogP contribution in [0.2, 0.25) is 0 Å². The number of para-hydroxylation sites is 1. The van der Waals surface area contributed by atoms with Crippen LogP contribution in [0.25, 0.3) is 10.9 Å². The molecule has 6 heteroatoms. The summed E-state index contributed by atoms with van der Waals surface area (Å²) in [5.74, 6) is 0.121. The summed E-state index contributed by atoms with van der Waals surface area (Å²) in [4.78, 5) is 18.7. The third kappa shape index (κ3) is 3.85. The van der Waals surface area contributed by atoms with Gasteiger partial charge in [0.1, 0.15) is 0 Å². The molecule has 2 aromatic heterocycles. The maximum atomic E-state index is 12.5. The van der Waals surface area contributed by atoms with Gasteiger partial charge in [0.25, 0.3) is 0 Å². The molecule has 1 aliphatic heterocycles. The number of hydrogen-bond donors (Lipinski definition) is 1. The highest BCUT2D eigenvalue weighted by Gasteiger charge is 2.34. The van der Waals surface area contributed by atoms with Gasteiger partial charge in [-0.15, -0.1) is 0 Å². The number of aliphatic hydroxyl groups is 1. The van der Waals surface area contributed by atoms with Crippen LogP contribution in [-0.2, 0) is 17.8 Å². The molecule has 1 saturated heterocycles. The first kappa shape index (κ1) is 17.7. The third-order valence-electron chi connectivity index (χ3n) is 5.30. The van der Waals surface area contributed by atoms with Gasteiger partial charge in [-0.2, -0.15) is 5.10 Å². The monoisotopic (exact) mass is 364 g/mol. The molecule has 4 rings (SSSR count). The first-order chi connectivity index (χ1) is 13.1. The summed E-state index contributed by atoms with van der Waals surface area (Å²) in [7, 11) is 0. The summed E-state index contributed by atoms with van der Waals surface area (Å²) in [6.07, 6.45) is 6.19. The van der Waals surface area contributed by atoms with E-state index >= 15 is 0 Å². The fraction of sp³-hybridized carbons (Fsp3) is 0.381. The average Bonchev–Trinajstić information content (AvgIpc) is 3.26. The van der Waals surface area contributed by atoms with Crippen LogP contribution in [0.5, 0.6) is 0 Å². The molecule has 0 bridgehead atoms. The third-order valence-corrected chi connectivity index (χ3v) is 5.30. The first-order valence-electron chi connectivity index (χ1n) is 9.37. The fourth-order valence-electron chi connectivity index (χ4n) is 3.83. The number of rotatable bonds is 5. The number of pyridine rings is 1. The van der Waals surface area contributed by atoms with Crippen LogP contribution in [0.1, 0.15) is 17.5 Å². The second-order valence-electron chi connectivity index (χ2n) is 7.35. The van der Waals surface area contributed by atoms with Crippen molar-refractivity contribution < 1.29 is 9.90 Å². The maximum Gasteiger partial charge on any atom is 0.224 e. The van der Waals surface area contributed by atoms with E-state index in [4.69, 9.17) is 0 Å². The van der Waals surface area contributed by atoms with Gasteiger partial charge in [-0.05, 0) is 36.6 Å². The molecule has 0 radical (unpaired) electrons. The van der Waals surface area contributed by atoms with Crippen molar-refractivity contribution in [2.24, 2.45) is 5.92 Å². The second kappa shape index (κ2) is 7.48. The van der Waals surface area contributed by atoms with Crippen LogP contribution in [0.3, 0.4) is 0 Å². The summed E-state index contributed by atoms with van der Waals surface area (Å²) < 4.78 is 1.79. The molecular formula is C21H24N4O2. The Bertz CT molecular complexity index is 947. The van der Waals surface area contributed by atoms with Crippen molar-refractivity contribution in [1.29, 1.82) is 0 Å². The normalized spacial score (nSPS) is 19.7. The quantitative estimate of drug-likeness (QED) is 0.753. The highest BCUT2D eigenvalue weighted by molar-refractivity contribution is 5.82. The predicted octanol–water partition coefficient (Wildman–Crippen LogP) is 2.19. The number of carbonyl (C=O) groups is 1. The van der Waals surface area contributed by atoms with Crippen molar-refractivity contribution in [3.8, 4) is 0 Å². The van der Waals surface area contributed by atoms with Gasteiger partial charge in [-0.25, -0.2) is 0 Å². The molecular weight excluding hydrogens is 340 g/mol. The Hall–Kier alpha value is -2.73. The number of amides is 1. The van der Waals surface area contributed by atoms with Gasteiger partial charge in [0.2, 0.25) is 5.91 Å². The van der Waals surface area contributed by atoms with Crippen LogP contribution in [0, 0.1) is 12.8 Å². The van der Waals surface area contributed by atoms with Gasteiger partial charge in [0.15, 0.2) is 0 Å². The molecule has 0 saturated carbocycles. The Morgan fingerprint density at radius 1 is 1.26 bits per heavy atom. The zero-order chi connectivity index (χ0) is 18.8. The van der Waals surface area contributed by atoms with Crippen LogP contribution < -0.4 is 0 Å². The second-order valence-corrected chi connectivity index (χ2v) is 7.35. The van der Waals surface area contributed by atoms with Crippen LogP contribution in [-0.4, -0.2) is 49.9 Å². The number of aromatic nitrogens is 3. The SMILES string of the molecule is Cc1cnn(CCC(=O)N2C[C@@H](Cc3ccnc4ccccc34)[C@@H](O)C2)c1. The number of β-amino-alcohol motifs (C(OH)–C–C–N with tert-alkyl or cyclic N) is 1. The van der Waals surface area contributed by atoms with E-state index in [1.165, 1.54) is 5.56 Å². The number of fused-ring (bicyclic) bond motifs is 1. The average molecular weight is 364 g/mol. The van der Waals surface area contributed by atoms with Crippen LogP contribution >= 0.6 is 0 Å². The van der Waals surface area contributed by atoms with Crippen molar-refractivity contribution >= 4 is 16.8 Å². The summed E-state index contributed by atoms with van der Waals surface area (Å²) in [5, 5.41) is 15.8. The summed E-state index contributed by atoms with van der Waals surface area (Å²) in [6, 6.07) is 10.1. The molecule has 6 nitrogen and oxygen atoms in total. The number of aliphatic hydroxyl groups excluding tert-OH is 1. The number of aryl methyl sites for hydroxylation is 2. The minimum absolute atomic E-state index is 0.0479. The molecule has 3 heterocycles. The molecule has 0 aliphatic carbocycles. The van der Waals surface area contributed by atoms with Gasteiger partial charge in [-0.1, -0.05) is 18.2 Å². The Morgan fingerprint density at radius 3 is 2.93 bits per heavy atom. The largest absolute Gasteiger partial charge is 0.391 e. The van der Waals surface area contributed by atoms with E-state index in [1.54, 1.807) is 15.8 Å². The van der Waals surface area contributed by atoms with Gasteiger partial charge in [0.05, 0.1) is 17.8 Å². The molecule has 3 aromatic rings. The van der Waals surface area contributed by atoms with E-state index in [0.29, 0.717) is 26.1 Å². The van der Waals surface area contributed by atoms with E-state index in [1.807, 2.05) is 43.6 Å². The van der Waals surface area contributed by atoms with Gasteiger partial charge in [-0.3, -0.25) is 14.5 Å². The molecule has 1 amide bonds. The van der Waals surface area contributed by atoms with Gasteiger partial charge in [0, 0.05) is 49.8 Å². The summed E-state index contributed by atoms with van der Waals surface area (Å²) in [5.41, 5.74) is 3.22. The zero-order valence-electron chi connectivity index (χ0n) is 15.5. The summed E-state index contributed by atoms with van der Waals surface area (Å²) >= 11 is 0. The van der Waals surface area contributed by atoms with Crippen molar-refractivity contribution in [2.75, 3.05) is 13.1 Å². The highest BCUT2D eigenvalue weighted by Crippen LogP contribution is 2.25. The fourth-order valence-corrected chi connectivity index (χ4v) is 3.83. The van der Waals surface area contributed by atoms with Crippen LogP contribution in [0.15, 0.2) is 48.9 Å². The number of hydrogen-bond acceptors (Lipinski definition) is 4. The predicted molar refractivity (Wildman–Crippen MR) is 103 cm³/mol. The maximum absolute atomic E-state index is 12.5. The first-order valence-corrected chi connectivity index (χ1v) is 9.37. The summed E-state index contributed by atoms with van der Waals surface area (Å²) in [6.45, 7) is 3.55. The smallest absolute Gasteiger partial charge is 0.224 e. The van der Waals surface area contributed by atoms with Crippen molar-refractivity contribution in [1.82, 2.24) is 19.7 Å². The van der Waals surface area contributed by atoms with E-state index in [0.717, 1.165) is 22.9 Å². The van der Waals surface area contributed by atoms with Crippen molar-refractivity contribution in [3.05, 3.63) is 60.0 Å². The highest BCUT2D eigenvalue weighted by atomic mass is 16.3. The molecule has 0 spiro atoms. The molecule has 1 aliphatic rings. The molecule has 1 aromatic carbocycles. The minimum atomic E-state index is -0.493. The van der Waals surface area contributed by atoms with E-state index in [2.05, 4.69) is 16.1 Å². The number of carbonyl (C=O) groups excluding carboxylic acids is 1. The lowest BCUT2D eigenvalue weighted by Gasteiger charge is -2.16. The van der Waals surface area contributed by atoms with Crippen LogP contribution in [0.4, 0.5) is 0 Å². The Kier molecular flexibility index (Phi) is 4.90. The molecule has 1 N–H and O–H groups in total. The number of nitrogens with zero attached hydrogens (tertiary/aromatic N) is 4. The molecule has 140 valence electrons. The Morgan fingerprint density at radius 2 is 2.11 bits per heavy atom. The lowest BCUT2D eigenvalue weighted by atomic mass is 9.94. The molecule has 2 atom stereocenters. The standard InChI is InChI=1S/C21H24N4O2/c1-15-11-23-25(12-15)9-7-21(27)24-13-17(20(26)14-24)10-16-6-8-22-19-5-3-2-4-18(16)19/h2-6,8,11-12,17,20,26H,7,9-10,13-14H2,1H3/t17-,20+/m1/s1. The van der Waals surface area contributed by atoms with E-state index in [-0.39, 0.29) is 11.8 Å². The number of likely N-dealkylation sites (tertiary alicyclic amines) is 1. The molecule has 27 heavy (non-hydrogen) atoms. The molecule has 1 fully saturated rings. The topological polar surface area (TPSA) is 71.2 Å². The Labute approximate surface area is 158 Å². The van der Waals surface area contributed by atoms with Gasteiger partial charge >= 0.3 is 0 Å². The van der Waals surface area contributed by atoms with Crippen molar-refractivity contribution in [2.45, 2.75) is 32.4 Å². The number of benzene rings is 1. The van der Waals surface area contributed by atoms with Crippen molar-refractivity contribution in [3.63, 3.8) is 0 Å². The van der Waals surface area contributed by atoms with E-state index < -0.39 is 6.10 Å². The van der Waals surface area contributed by atoms with Gasteiger partial charge < -0.3 is 10.0 Å².